The summed E-state index contributed by atoms with van der Waals surface area (Å²) in [4.78, 5) is 31.4. The highest BCUT2D eigenvalue weighted by molar-refractivity contribution is 7.90. The number of urea groups is 1. The molecule has 3 heterocycles. The van der Waals surface area contributed by atoms with Crippen LogP contribution in [-0.4, -0.2) is 91.3 Å². The molecule has 12 heteroatoms. The van der Waals surface area contributed by atoms with Crippen molar-refractivity contribution in [2.45, 2.75) is 64.5 Å². The minimum Gasteiger partial charge on any atom is -0.493 e. The van der Waals surface area contributed by atoms with Gasteiger partial charge in [-0.1, -0.05) is 68.2 Å². The third-order valence-electron chi connectivity index (χ3n) is 9.75. The lowest BCUT2D eigenvalue weighted by Gasteiger charge is -2.47. The molecule has 1 fully saturated rings. The van der Waals surface area contributed by atoms with Gasteiger partial charge in [-0.15, -0.1) is 0 Å². The number of sulfone groups is 1. The van der Waals surface area contributed by atoms with Gasteiger partial charge in [-0.3, -0.25) is 19.8 Å². The average molecular weight is 729 g/mol. The van der Waals surface area contributed by atoms with E-state index in [1.807, 2.05) is 71.3 Å². The number of carbonyl (C=O) groups excluding carboxylic acids is 1. The number of hydrogen-bond acceptors (Lipinski definition) is 7. The summed E-state index contributed by atoms with van der Waals surface area (Å²) < 4.78 is 29.6. The topological polar surface area (TPSA) is 95.4 Å². The second-order valence-electron chi connectivity index (χ2n) is 14.3. The van der Waals surface area contributed by atoms with Crippen molar-refractivity contribution in [3.05, 3.63) is 93.2 Å². The Kier molecular flexibility index (Phi) is 10.8. The van der Waals surface area contributed by atoms with E-state index in [9.17, 15) is 8.42 Å². The number of rotatable bonds is 9. The number of ether oxygens (including phenoxy) is 1. The molecule has 2 amide bonds. The van der Waals surface area contributed by atoms with Crippen molar-refractivity contribution in [1.29, 1.82) is 0 Å². The van der Waals surface area contributed by atoms with Crippen LogP contribution in [0.4, 0.5) is 4.79 Å². The maximum atomic E-state index is 15.1. The summed E-state index contributed by atoms with van der Waals surface area (Å²) in [5.74, 6) is 1.22. The van der Waals surface area contributed by atoms with E-state index in [0.29, 0.717) is 72.9 Å². The molecule has 0 bridgehead atoms. The fraction of sp³-hybridized carbons (Fsp3) is 0.486. The zero-order valence-electron chi connectivity index (χ0n) is 29.5. The standard InChI is InChI=1S/C37H47Cl2N5O4S/c1-8-48-31-24-32(35(2,3)4)40-25-30(31)33-41-36(5,26-10-14-28(38)15-11-26)37(6,27-12-16-29(39)17-13-27)44(33)34(45)43-21-19-42(20-22-43)18-9-23-49(7,46)47/h10-17,24-25H,8-9,18-23H2,1-7H3/t36-,37-/m0/s1. The summed E-state index contributed by atoms with van der Waals surface area (Å²) in [5, 5.41) is 1.19. The number of aromatic nitrogens is 1. The van der Waals surface area contributed by atoms with Crippen molar-refractivity contribution < 1.29 is 17.9 Å². The van der Waals surface area contributed by atoms with Crippen LogP contribution in [0, 0.1) is 0 Å². The fourth-order valence-electron chi connectivity index (χ4n) is 6.71. The Morgan fingerprint density at radius 2 is 1.51 bits per heavy atom. The first-order valence-electron chi connectivity index (χ1n) is 16.7. The number of pyridine rings is 1. The van der Waals surface area contributed by atoms with Crippen LogP contribution in [0.15, 0.2) is 65.8 Å². The van der Waals surface area contributed by atoms with Crippen molar-refractivity contribution in [1.82, 2.24) is 19.7 Å². The van der Waals surface area contributed by atoms with Crippen molar-refractivity contribution in [2.24, 2.45) is 4.99 Å². The third kappa shape index (κ3) is 7.62. The Bertz CT molecular complexity index is 1800. The lowest BCUT2D eigenvalue weighted by Crippen LogP contribution is -2.60. The van der Waals surface area contributed by atoms with E-state index in [1.165, 1.54) is 6.26 Å². The van der Waals surface area contributed by atoms with E-state index in [1.54, 1.807) is 6.20 Å². The van der Waals surface area contributed by atoms with Crippen LogP contribution < -0.4 is 4.74 Å². The monoisotopic (exact) mass is 727 g/mol. The Balaban J connectivity index is 1.65. The highest BCUT2D eigenvalue weighted by Gasteiger charge is 2.60. The molecule has 0 spiro atoms. The van der Waals surface area contributed by atoms with Gasteiger partial charge in [-0.2, -0.15) is 0 Å². The maximum absolute atomic E-state index is 15.1. The number of piperazine rings is 1. The highest BCUT2D eigenvalue weighted by atomic mass is 35.5. The summed E-state index contributed by atoms with van der Waals surface area (Å²) in [7, 11) is -3.03. The summed E-state index contributed by atoms with van der Waals surface area (Å²) >= 11 is 12.8. The number of nitrogens with zero attached hydrogens (tertiary/aromatic N) is 5. The molecule has 1 aromatic heterocycles. The number of halogens is 2. The van der Waals surface area contributed by atoms with Crippen molar-refractivity contribution >= 4 is 44.9 Å². The number of amides is 2. The van der Waals surface area contributed by atoms with E-state index in [0.717, 1.165) is 16.8 Å². The Hall–Kier alpha value is -3.18. The Morgan fingerprint density at radius 3 is 2.04 bits per heavy atom. The largest absolute Gasteiger partial charge is 0.493 e. The van der Waals surface area contributed by atoms with Crippen LogP contribution in [0.5, 0.6) is 5.75 Å². The predicted molar refractivity (Wildman–Crippen MR) is 198 cm³/mol. The Morgan fingerprint density at radius 1 is 0.939 bits per heavy atom. The van der Waals surface area contributed by atoms with E-state index in [-0.39, 0.29) is 17.2 Å². The van der Waals surface area contributed by atoms with Crippen LogP contribution in [0.3, 0.4) is 0 Å². The molecule has 9 nitrogen and oxygen atoms in total. The van der Waals surface area contributed by atoms with Crippen molar-refractivity contribution in [2.75, 3.05) is 51.3 Å². The third-order valence-corrected chi connectivity index (χ3v) is 11.3. The van der Waals surface area contributed by atoms with Gasteiger partial charge in [0.05, 0.1) is 17.9 Å². The van der Waals surface area contributed by atoms with Gasteiger partial charge in [0.25, 0.3) is 0 Å². The molecule has 2 aromatic carbocycles. The molecule has 0 unspecified atom stereocenters. The van der Waals surface area contributed by atoms with Gasteiger partial charge in [0, 0.05) is 65.9 Å². The first-order valence-corrected chi connectivity index (χ1v) is 19.5. The number of hydrogen-bond donors (Lipinski definition) is 0. The molecule has 5 rings (SSSR count). The van der Waals surface area contributed by atoms with Crippen LogP contribution in [0.2, 0.25) is 10.0 Å². The van der Waals surface area contributed by atoms with Crippen molar-refractivity contribution in [3.63, 3.8) is 0 Å². The molecule has 0 saturated carbocycles. The lowest BCUT2D eigenvalue weighted by atomic mass is 9.71. The first kappa shape index (κ1) is 37.1. The average Bonchev–Trinajstić information content (AvgIpc) is 3.28. The van der Waals surface area contributed by atoms with Gasteiger partial charge in [0.15, 0.2) is 0 Å². The highest BCUT2D eigenvalue weighted by Crippen LogP contribution is 2.54. The predicted octanol–water partition coefficient (Wildman–Crippen LogP) is 7.15. The molecule has 3 aromatic rings. The van der Waals surface area contributed by atoms with Crippen LogP contribution in [-0.2, 0) is 26.3 Å². The lowest BCUT2D eigenvalue weighted by molar-refractivity contribution is 0.0868. The zero-order valence-corrected chi connectivity index (χ0v) is 31.8. The smallest absolute Gasteiger partial charge is 0.326 e. The van der Waals surface area contributed by atoms with Gasteiger partial charge >= 0.3 is 6.03 Å². The van der Waals surface area contributed by atoms with E-state index >= 15 is 4.79 Å². The number of aliphatic imine (C=N–C) groups is 1. The summed E-state index contributed by atoms with van der Waals surface area (Å²) in [6, 6.07) is 17.0. The first-order chi connectivity index (χ1) is 23.0. The minimum absolute atomic E-state index is 0.146. The Labute approximate surface area is 301 Å². The second-order valence-corrected chi connectivity index (χ2v) is 17.4. The molecule has 49 heavy (non-hydrogen) atoms. The minimum atomic E-state index is -3.03. The number of benzene rings is 2. The van der Waals surface area contributed by atoms with Gasteiger partial charge < -0.3 is 9.64 Å². The molecule has 0 N–H and O–H groups in total. The normalized spacial score (nSPS) is 21.9. The number of amidine groups is 1. The molecule has 0 aliphatic carbocycles. The van der Waals surface area contributed by atoms with Gasteiger partial charge in [-0.05, 0) is 69.1 Å². The quantitative estimate of drug-likeness (QED) is 0.232. The molecule has 2 aliphatic rings. The maximum Gasteiger partial charge on any atom is 0.326 e. The molecule has 0 radical (unpaired) electrons. The molecule has 2 atom stereocenters. The molecule has 264 valence electrons. The summed E-state index contributed by atoms with van der Waals surface area (Å²) in [6.07, 6.45) is 3.60. The summed E-state index contributed by atoms with van der Waals surface area (Å²) in [6.45, 7) is 15.7. The van der Waals surface area contributed by atoms with E-state index in [2.05, 4.69) is 39.5 Å². The molecular weight excluding hydrogens is 681 g/mol. The van der Waals surface area contributed by atoms with Crippen molar-refractivity contribution in [3.8, 4) is 5.75 Å². The fourth-order valence-corrected chi connectivity index (χ4v) is 7.62. The van der Waals surface area contributed by atoms with Crippen LogP contribution in [0.25, 0.3) is 0 Å². The van der Waals surface area contributed by atoms with Crippen LogP contribution in [0.1, 0.15) is 70.3 Å². The number of carbonyl (C=O) groups is 1. The summed E-state index contributed by atoms with van der Waals surface area (Å²) in [5.41, 5.74) is 0.999. The molecule has 2 aliphatic heterocycles. The SMILES string of the molecule is CCOc1cc(C(C)(C)C)ncc1C1=N[C@@](C)(c2ccc(Cl)cc2)[C@](C)(c2ccc(Cl)cc2)N1C(=O)N1CCN(CCCS(C)(=O)=O)CC1. The zero-order chi connectivity index (χ0) is 35.8. The van der Waals surface area contributed by atoms with E-state index in [4.69, 9.17) is 37.9 Å². The van der Waals surface area contributed by atoms with E-state index < -0.39 is 20.9 Å². The van der Waals surface area contributed by atoms with Gasteiger partial charge in [-0.25, -0.2) is 13.2 Å². The molecule has 1 saturated heterocycles. The van der Waals surface area contributed by atoms with Crippen LogP contribution >= 0.6 is 23.2 Å². The van der Waals surface area contributed by atoms with Gasteiger partial charge in [0.1, 0.15) is 32.5 Å². The second kappa shape index (κ2) is 14.2. The molecular formula is C37H47Cl2N5O4S. The van der Waals surface area contributed by atoms with Gasteiger partial charge in [0.2, 0.25) is 0 Å².